The van der Waals surface area contributed by atoms with E-state index in [9.17, 15) is 13.6 Å². The van der Waals surface area contributed by atoms with Crippen LogP contribution in [0.4, 0.5) is 8.78 Å². The molecule has 8 heteroatoms. The first-order chi connectivity index (χ1) is 13.2. The van der Waals surface area contributed by atoms with E-state index < -0.39 is 23.1 Å². The number of hydrogen-bond acceptors (Lipinski definition) is 5. The summed E-state index contributed by atoms with van der Waals surface area (Å²) in [6.07, 6.45) is 0. The third-order valence-electron chi connectivity index (χ3n) is 4.13. The summed E-state index contributed by atoms with van der Waals surface area (Å²) in [5.41, 5.74) is 6.07. The molecular weight excluding hydrogens is 368 g/mol. The van der Waals surface area contributed by atoms with Gasteiger partial charge in [-0.1, -0.05) is 50.2 Å². The van der Waals surface area contributed by atoms with Crippen molar-refractivity contribution in [2.24, 2.45) is 5.73 Å². The van der Waals surface area contributed by atoms with Gasteiger partial charge in [-0.3, -0.25) is 4.79 Å². The lowest BCUT2D eigenvalue weighted by Crippen LogP contribution is -2.16. The van der Waals surface area contributed by atoms with E-state index in [4.69, 9.17) is 15.0 Å². The summed E-state index contributed by atoms with van der Waals surface area (Å²) in [4.78, 5) is 15.4. The fraction of sp³-hybridized carbons (Fsp3) is 0.250. The van der Waals surface area contributed by atoms with Gasteiger partial charge in [0.05, 0.1) is 0 Å². The Labute approximate surface area is 160 Å². The number of primary amides is 1. The lowest BCUT2D eigenvalue weighted by molar-refractivity contribution is 0.0991. The minimum absolute atomic E-state index is 0.0256. The van der Waals surface area contributed by atoms with Crippen molar-refractivity contribution in [1.82, 2.24) is 10.1 Å². The molecule has 0 saturated carbocycles. The molecule has 1 heterocycles. The van der Waals surface area contributed by atoms with Crippen LogP contribution in [0.15, 0.2) is 40.9 Å². The van der Waals surface area contributed by atoms with E-state index in [-0.39, 0.29) is 23.7 Å². The molecule has 2 N–H and O–H groups in total. The van der Waals surface area contributed by atoms with Crippen LogP contribution in [0.2, 0.25) is 0 Å². The Balaban J connectivity index is 1.74. The monoisotopic (exact) mass is 387 g/mol. The van der Waals surface area contributed by atoms with Crippen LogP contribution < -0.4 is 10.5 Å². The number of nitrogens with two attached hydrogens (primary N) is 1. The number of aromatic nitrogens is 2. The van der Waals surface area contributed by atoms with E-state index in [1.54, 1.807) is 0 Å². The number of carbonyl (C=O) groups is 1. The summed E-state index contributed by atoms with van der Waals surface area (Å²) in [7, 11) is 0. The molecule has 28 heavy (non-hydrogen) atoms. The second-order valence-electron chi connectivity index (χ2n) is 7.23. The lowest BCUT2D eigenvalue weighted by Gasteiger charge is -2.18. The zero-order chi connectivity index (χ0) is 20.5. The van der Waals surface area contributed by atoms with Crippen LogP contribution >= 0.6 is 0 Å². The molecule has 146 valence electrons. The van der Waals surface area contributed by atoms with Crippen LogP contribution in [0.25, 0.3) is 11.4 Å². The Bertz CT molecular complexity index is 1010. The molecule has 0 saturated heterocycles. The number of carbonyl (C=O) groups excluding carboxylic acids is 1. The fourth-order valence-corrected chi connectivity index (χ4v) is 2.56. The standard InChI is InChI=1S/C20H19F2N3O3/c1-20(2,3)12-6-4-11(5-7-12)19-24-15(28-25-19)10-27-14-9-8-13(21)16(17(14)22)18(23)26/h4-9H,10H2,1-3H3,(H2,23,26). The minimum Gasteiger partial charge on any atom is -0.481 e. The highest BCUT2D eigenvalue weighted by atomic mass is 19.1. The van der Waals surface area contributed by atoms with Gasteiger partial charge in [-0.15, -0.1) is 0 Å². The molecule has 1 amide bonds. The maximum absolute atomic E-state index is 14.2. The second kappa shape index (κ2) is 7.38. The third kappa shape index (κ3) is 4.00. The molecule has 0 atom stereocenters. The first-order valence-corrected chi connectivity index (χ1v) is 8.51. The molecule has 0 bridgehead atoms. The molecule has 3 aromatic rings. The zero-order valence-corrected chi connectivity index (χ0v) is 15.6. The topological polar surface area (TPSA) is 91.2 Å². The number of ether oxygens (including phenoxy) is 1. The predicted octanol–water partition coefficient (Wildman–Crippen LogP) is 3.99. The van der Waals surface area contributed by atoms with Gasteiger partial charge in [-0.2, -0.15) is 4.98 Å². The van der Waals surface area contributed by atoms with Crippen molar-refractivity contribution in [1.29, 1.82) is 0 Å². The molecule has 0 aliphatic carbocycles. The SMILES string of the molecule is CC(C)(C)c1ccc(-c2noc(COc3ccc(F)c(C(N)=O)c3F)n2)cc1. The number of benzene rings is 2. The van der Waals surface area contributed by atoms with Gasteiger partial charge in [0.25, 0.3) is 11.8 Å². The first-order valence-electron chi connectivity index (χ1n) is 8.51. The van der Waals surface area contributed by atoms with Crippen LogP contribution in [0, 0.1) is 11.6 Å². The maximum Gasteiger partial charge on any atom is 0.264 e. The first kappa shape index (κ1) is 19.5. The fourth-order valence-electron chi connectivity index (χ4n) is 2.56. The maximum atomic E-state index is 14.2. The van der Waals surface area contributed by atoms with Crippen LogP contribution in [0.3, 0.4) is 0 Å². The Morgan fingerprint density at radius 3 is 2.43 bits per heavy atom. The number of hydrogen-bond donors (Lipinski definition) is 1. The van der Waals surface area contributed by atoms with Crippen molar-refractivity contribution in [3.8, 4) is 17.1 Å². The third-order valence-corrected chi connectivity index (χ3v) is 4.13. The molecule has 3 rings (SSSR count). The van der Waals surface area contributed by atoms with Crippen LogP contribution in [-0.4, -0.2) is 16.0 Å². The largest absolute Gasteiger partial charge is 0.481 e. The number of nitrogens with zero attached hydrogens (tertiary/aromatic N) is 2. The van der Waals surface area contributed by atoms with Crippen molar-refractivity contribution >= 4 is 5.91 Å². The Kier molecular flexibility index (Phi) is 5.13. The highest BCUT2D eigenvalue weighted by Gasteiger charge is 2.20. The van der Waals surface area contributed by atoms with Crippen LogP contribution in [-0.2, 0) is 12.0 Å². The summed E-state index contributed by atoms with van der Waals surface area (Å²) in [5, 5.41) is 3.88. The Hall–Kier alpha value is -3.29. The van der Waals surface area contributed by atoms with Gasteiger partial charge >= 0.3 is 0 Å². The molecule has 0 fully saturated rings. The minimum atomic E-state index is -1.22. The van der Waals surface area contributed by atoms with Crippen molar-refractivity contribution in [2.45, 2.75) is 32.8 Å². The van der Waals surface area contributed by atoms with Crippen molar-refractivity contribution in [3.05, 3.63) is 65.1 Å². The lowest BCUT2D eigenvalue weighted by atomic mass is 9.87. The summed E-state index contributed by atoms with van der Waals surface area (Å²) < 4.78 is 38.0. The van der Waals surface area contributed by atoms with Gasteiger partial charge in [0, 0.05) is 5.56 Å². The number of amides is 1. The molecular formula is C20H19F2N3O3. The van der Waals surface area contributed by atoms with Gasteiger partial charge in [-0.05, 0) is 23.1 Å². The van der Waals surface area contributed by atoms with Gasteiger partial charge in [-0.25, -0.2) is 8.78 Å². The molecule has 0 unspecified atom stereocenters. The zero-order valence-electron chi connectivity index (χ0n) is 15.6. The van der Waals surface area contributed by atoms with E-state index in [0.29, 0.717) is 5.82 Å². The molecule has 0 spiro atoms. The van der Waals surface area contributed by atoms with Gasteiger partial charge in [0.1, 0.15) is 11.4 Å². The summed E-state index contributed by atoms with van der Waals surface area (Å²) in [6, 6.07) is 9.69. The Morgan fingerprint density at radius 1 is 1.14 bits per heavy atom. The number of rotatable bonds is 5. The van der Waals surface area contributed by atoms with Gasteiger partial charge in [0.2, 0.25) is 5.82 Å². The normalized spacial score (nSPS) is 11.5. The average molecular weight is 387 g/mol. The van der Waals surface area contributed by atoms with E-state index >= 15 is 0 Å². The molecule has 6 nitrogen and oxygen atoms in total. The smallest absolute Gasteiger partial charge is 0.264 e. The molecule has 1 aromatic heterocycles. The van der Waals surface area contributed by atoms with E-state index in [0.717, 1.165) is 17.7 Å². The molecule has 0 aliphatic rings. The summed E-state index contributed by atoms with van der Waals surface area (Å²) in [6.45, 7) is 6.09. The predicted molar refractivity (Wildman–Crippen MR) is 97.6 cm³/mol. The van der Waals surface area contributed by atoms with Gasteiger partial charge < -0.3 is 15.0 Å². The molecule has 0 radical (unpaired) electrons. The molecule has 2 aromatic carbocycles. The summed E-state index contributed by atoms with van der Waals surface area (Å²) >= 11 is 0. The molecule has 0 aliphatic heterocycles. The number of halogens is 2. The Morgan fingerprint density at radius 2 is 1.82 bits per heavy atom. The van der Waals surface area contributed by atoms with Crippen molar-refractivity contribution in [2.75, 3.05) is 0 Å². The highest BCUT2D eigenvalue weighted by molar-refractivity contribution is 5.93. The van der Waals surface area contributed by atoms with E-state index in [1.165, 1.54) is 5.56 Å². The van der Waals surface area contributed by atoms with Crippen LogP contribution in [0.1, 0.15) is 42.6 Å². The van der Waals surface area contributed by atoms with Crippen molar-refractivity contribution < 1.29 is 22.8 Å². The average Bonchev–Trinajstić information content (AvgIpc) is 3.09. The van der Waals surface area contributed by atoms with Gasteiger partial charge in [0.15, 0.2) is 18.2 Å². The van der Waals surface area contributed by atoms with E-state index in [2.05, 4.69) is 30.9 Å². The highest BCUT2D eigenvalue weighted by Crippen LogP contribution is 2.26. The van der Waals surface area contributed by atoms with Crippen molar-refractivity contribution in [3.63, 3.8) is 0 Å². The van der Waals surface area contributed by atoms with Crippen LogP contribution in [0.5, 0.6) is 5.75 Å². The quantitative estimate of drug-likeness (QED) is 0.715. The van der Waals surface area contributed by atoms with E-state index in [1.807, 2.05) is 24.3 Å². The second-order valence-corrected chi connectivity index (χ2v) is 7.23. The summed E-state index contributed by atoms with van der Waals surface area (Å²) in [5.74, 6) is -3.35.